The van der Waals surface area contributed by atoms with Gasteiger partial charge in [0, 0.05) is 74.9 Å². The van der Waals surface area contributed by atoms with Crippen molar-refractivity contribution in [1.82, 2.24) is 19.1 Å². The maximum Gasteiger partial charge on any atom is 0.0701 e. The summed E-state index contributed by atoms with van der Waals surface area (Å²) >= 11 is 0. The highest BCUT2D eigenvalue weighted by molar-refractivity contribution is 6.14. The van der Waals surface area contributed by atoms with Gasteiger partial charge in [-0.2, -0.15) is 0 Å². The molecule has 0 aliphatic rings. The van der Waals surface area contributed by atoms with Crippen molar-refractivity contribution in [3.63, 3.8) is 0 Å². The molecular weight excluding hydrogens is 719 g/mol. The Labute approximate surface area is 342 Å². The van der Waals surface area contributed by atoms with Crippen LogP contribution in [0.5, 0.6) is 0 Å². The minimum Gasteiger partial charge on any atom is -0.316 e. The van der Waals surface area contributed by atoms with E-state index in [1.165, 1.54) is 38.3 Å². The fraction of sp³-hybridized carbons (Fsp3) is 0. The van der Waals surface area contributed by atoms with Crippen LogP contribution in [0.15, 0.2) is 225 Å². The molecule has 0 saturated heterocycles. The zero-order chi connectivity index (χ0) is 39.1. The Hall–Kier alpha value is -8.02. The van der Waals surface area contributed by atoms with E-state index in [-0.39, 0.29) is 0 Å². The van der Waals surface area contributed by atoms with Gasteiger partial charge in [0.05, 0.1) is 22.2 Å². The number of pyridine rings is 2. The average Bonchev–Trinajstić information content (AvgIpc) is 3.88. The minimum absolute atomic E-state index is 0.953. The van der Waals surface area contributed by atoms with Crippen LogP contribution >= 0.6 is 0 Å². The molecule has 0 amide bonds. The lowest BCUT2D eigenvalue weighted by molar-refractivity contribution is 1.12. The summed E-state index contributed by atoms with van der Waals surface area (Å²) in [6, 6.07) is 71.4. The Morgan fingerprint density at radius 2 is 1.00 bits per heavy atom. The van der Waals surface area contributed by atoms with Gasteiger partial charge in [-0.1, -0.05) is 91.0 Å². The number of benzene rings is 7. The van der Waals surface area contributed by atoms with Gasteiger partial charge in [-0.15, -0.1) is 0 Å². The van der Waals surface area contributed by atoms with Gasteiger partial charge in [0.1, 0.15) is 0 Å². The lowest BCUT2D eigenvalue weighted by Crippen LogP contribution is -2.09. The summed E-state index contributed by atoms with van der Waals surface area (Å²) in [5.74, 6) is 0. The molecule has 0 unspecified atom stereocenters. The summed E-state index contributed by atoms with van der Waals surface area (Å²) in [6.45, 7) is 0. The average molecular weight is 756 g/mol. The number of hydrogen-bond donors (Lipinski definition) is 0. The number of nitrogens with zero attached hydrogens (tertiary/aromatic N) is 5. The molecule has 0 bridgehead atoms. The molecule has 4 aromatic heterocycles. The quantitative estimate of drug-likeness (QED) is 0.155. The van der Waals surface area contributed by atoms with Crippen molar-refractivity contribution in [3.8, 4) is 44.9 Å². The molecule has 0 N–H and O–H groups in total. The van der Waals surface area contributed by atoms with Gasteiger partial charge in [-0.25, -0.2) is 0 Å². The van der Waals surface area contributed by atoms with Crippen molar-refractivity contribution in [2.24, 2.45) is 0 Å². The van der Waals surface area contributed by atoms with Crippen LogP contribution in [0.3, 0.4) is 0 Å². The predicted octanol–water partition coefficient (Wildman–Crippen LogP) is 14.0. The number of aromatic nitrogens is 4. The molecule has 11 rings (SSSR count). The summed E-state index contributed by atoms with van der Waals surface area (Å²) in [5, 5.41) is 3.67. The fourth-order valence-corrected chi connectivity index (χ4v) is 8.40. The first-order valence-electron chi connectivity index (χ1n) is 19.9. The molecule has 278 valence electrons. The summed E-state index contributed by atoms with van der Waals surface area (Å²) in [7, 11) is 0. The lowest BCUT2D eigenvalue weighted by atomic mass is 10.0. The Kier molecular flexibility index (Phi) is 8.41. The number of hydrogen-bond acceptors (Lipinski definition) is 3. The summed E-state index contributed by atoms with van der Waals surface area (Å²) < 4.78 is 4.68. The monoisotopic (exact) mass is 755 g/mol. The molecule has 7 aromatic carbocycles. The molecule has 5 nitrogen and oxygen atoms in total. The zero-order valence-electron chi connectivity index (χ0n) is 32.1. The largest absolute Gasteiger partial charge is 0.316 e. The van der Waals surface area contributed by atoms with Crippen LogP contribution in [-0.4, -0.2) is 19.1 Å². The van der Waals surface area contributed by atoms with Crippen LogP contribution in [-0.2, 0) is 0 Å². The van der Waals surface area contributed by atoms with E-state index >= 15 is 0 Å². The second kappa shape index (κ2) is 14.5. The van der Waals surface area contributed by atoms with Gasteiger partial charge in [0.25, 0.3) is 0 Å². The van der Waals surface area contributed by atoms with Gasteiger partial charge in [0.15, 0.2) is 0 Å². The van der Waals surface area contributed by atoms with Crippen LogP contribution in [0.1, 0.15) is 0 Å². The van der Waals surface area contributed by atoms with Crippen molar-refractivity contribution < 1.29 is 0 Å². The molecule has 59 heavy (non-hydrogen) atoms. The van der Waals surface area contributed by atoms with Gasteiger partial charge in [-0.3, -0.25) is 9.97 Å². The normalized spacial score (nSPS) is 11.4. The molecule has 5 heteroatoms. The summed E-state index contributed by atoms with van der Waals surface area (Å²) in [5.41, 5.74) is 15.6. The Morgan fingerprint density at radius 3 is 1.64 bits per heavy atom. The van der Waals surface area contributed by atoms with Crippen molar-refractivity contribution in [3.05, 3.63) is 225 Å². The molecule has 0 aliphatic carbocycles. The summed E-state index contributed by atoms with van der Waals surface area (Å²) in [6.07, 6.45) is 7.72. The molecule has 0 fully saturated rings. The van der Waals surface area contributed by atoms with Crippen molar-refractivity contribution in [1.29, 1.82) is 0 Å². The number of fused-ring (bicyclic) bond motifs is 4. The third-order valence-electron chi connectivity index (χ3n) is 11.3. The second-order valence-electron chi connectivity index (χ2n) is 14.8. The maximum atomic E-state index is 4.57. The second-order valence-corrected chi connectivity index (χ2v) is 14.8. The molecule has 0 radical (unpaired) electrons. The van der Waals surface area contributed by atoms with Gasteiger partial charge in [-0.05, 0) is 131 Å². The Morgan fingerprint density at radius 1 is 0.390 bits per heavy atom. The van der Waals surface area contributed by atoms with Gasteiger partial charge >= 0.3 is 0 Å². The smallest absolute Gasteiger partial charge is 0.0701 e. The summed E-state index contributed by atoms with van der Waals surface area (Å²) in [4.78, 5) is 11.2. The van der Waals surface area contributed by atoms with Gasteiger partial charge < -0.3 is 14.0 Å². The molecule has 11 aromatic rings. The van der Waals surface area contributed by atoms with Crippen LogP contribution in [0.2, 0.25) is 0 Å². The molecular formula is C54H37N5. The van der Waals surface area contributed by atoms with E-state index < -0.39 is 0 Å². The molecule has 0 atom stereocenters. The van der Waals surface area contributed by atoms with Crippen LogP contribution < -0.4 is 4.90 Å². The first-order valence-corrected chi connectivity index (χ1v) is 19.9. The lowest BCUT2D eigenvalue weighted by Gasteiger charge is -2.26. The fourth-order valence-electron chi connectivity index (χ4n) is 8.40. The number of anilines is 3. The minimum atomic E-state index is 0.953. The van der Waals surface area contributed by atoms with Crippen molar-refractivity contribution >= 4 is 49.8 Å². The standard InChI is InChI=1S/C54H37N5/c1-3-11-44(12-4-1)57-33-30-42-35-50-49-34-41(22-29-52(49)59(54(50)36-53(42)57)45-13-5-2-6-14-45)38-16-23-46(24-17-38)58(47-25-18-39(19-26-47)43-10-9-31-55-37-43)48-27-20-40(21-28-48)51-15-7-8-32-56-51/h1-37H. The van der Waals surface area contributed by atoms with E-state index in [1.54, 1.807) is 6.20 Å². The van der Waals surface area contributed by atoms with Crippen molar-refractivity contribution in [2.75, 3.05) is 4.90 Å². The van der Waals surface area contributed by atoms with Crippen molar-refractivity contribution in [2.45, 2.75) is 0 Å². The van der Waals surface area contributed by atoms with Crippen LogP contribution in [0, 0.1) is 0 Å². The third-order valence-corrected chi connectivity index (χ3v) is 11.3. The first-order chi connectivity index (χ1) is 29.2. The molecule has 4 heterocycles. The predicted molar refractivity (Wildman–Crippen MR) is 244 cm³/mol. The van der Waals surface area contributed by atoms with E-state index in [4.69, 9.17) is 0 Å². The van der Waals surface area contributed by atoms with E-state index in [2.05, 4.69) is 206 Å². The van der Waals surface area contributed by atoms with Gasteiger partial charge in [0.2, 0.25) is 0 Å². The first kappa shape index (κ1) is 34.2. The van der Waals surface area contributed by atoms with E-state index in [9.17, 15) is 0 Å². The highest BCUT2D eigenvalue weighted by Gasteiger charge is 2.18. The SMILES string of the molecule is c1ccc(-n2ccc3cc4c5cc(-c6ccc(N(c7ccc(-c8cccnc8)cc7)c7ccc(-c8ccccn8)cc7)cc6)ccc5n(-c5ccccc5)c4cc32)cc1. The molecule has 0 spiro atoms. The topological polar surface area (TPSA) is 38.9 Å². The number of para-hydroxylation sites is 2. The zero-order valence-corrected chi connectivity index (χ0v) is 32.1. The maximum absolute atomic E-state index is 4.57. The molecule has 0 saturated carbocycles. The third kappa shape index (κ3) is 6.22. The highest BCUT2D eigenvalue weighted by atomic mass is 15.1. The van der Waals surface area contributed by atoms with E-state index in [1.807, 2.05) is 36.7 Å². The Balaban J connectivity index is 1.00. The highest BCUT2D eigenvalue weighted by Crippen LogP contribution is 2.40. The van der Waals surface area contributed by atoms with Crippen LogP contribution in [0.4, 0.5) is 17.1 Å². The van der Waals surface area contributed by atoms with Crippen LogP contribution in [0.25, 0.3) is 77.6 Å². The number of rotatable bonds is 8. The Bertz CT molecular complexity index is 3130. The molecule has 0 aliphatic heterocycles. The van der Waals surface area contributed by atoms with E-state index in [0.717, 1.165) is 56.4 Å². The van der Waals surface area contributed by atoms with E-state index in [0.29, 0.717) is 0 Å².